The number of halogens is 1. The van der Waals surface area contributed by atoms with Crippen LogP contribution in [0.4, 0.5) is 0 Å². The molecule has 2 nitrogen and oxygen atoms in total. The minimum Gasteiger partial charge on any atom is -0.356 e. The molecule has 0 aromatic heterocycles. The molecule has 0 unspecified atom stereocenters. The summed E-state index contributed by atoms with van der Waals surface area (Å²) in [6.45, 7) is 2.23. The Kier molecular flexibility index (Phi) is 3.96. The Balaban J connectivity index is 2.37. The van der Waals surface area contributed by atoms with E-state index < -0.39 is 0 Å². The summed E-state index contributed by atoms with van der Waals surface area (Å²) in [6.07, 6.45) is 0.882. The molecule has 0 bridgehead atoms. The third-order valence-corrected chi connectivity index (χ3v) is 2.23. The summed E-state index contributed by atoms with van der Waals surface area (Å²) >= 11 is 3.37. The summed E-state index contributed by atoms with van der Waals surface area (Å²) in [5.41, 5.74) is 1.23. The molecule has 13 heavy (non-hydrogen) atoms. The second-order valence-electron chi connectivity index (χ2n) is 2.86. The van der Waals surface area contributed by atoms with Crippen LogP contribution in [0.15, 0.2) is 28.7 Å². The predicted molar refractivity (Wildman–Crippen MR) is 56.5 cm³/mol. The van der Waals surface area contributed by atoms with Crippen LogP contribution in [0.5, 0.6) is 0 Å². The summed E-state index contributed by atoms with van der Waals surface area (Å²) in [7, 11) is 0. The van der Waals surface area contributed by atoms with Crippen molar-refractivity contribution in [1.29, 1.82) is 0 Å². The molecule has 0 saturated carbocycles. The number of carbonyl (C=O) groups excluding carboxylic acids is 1. The van der Waals surface area contributed by atoms with Crippen molar-refractivity contribution >= 4 is 21.8 Å². The Hall–Kier alpha value is -0.830. The number of hydrogen-bond donors (Lipinski definition) is 1. The molecule has 0 fully saturated rings. The van der Waals surface area contributed by atoms with Gasteiger partial charge in [-0.15, -0.1) is 0 Å². The maximum Gasteiger partial charge on any atom is 0.216 e. The molecule has 1 rings (SSSR count). The van der Waals surface area contributed by atoms with E-state index >= 15 is 0 Å². The van der Waals surface area contributed by atoms with Gasteiger partial charge in [-0.05, 0) is 24.1 Å². The van der Waals surface area contributed by atoms with Crippen LogP contribution in [0.25, 0.3) is 0 Å². The quantitative estimate of drug-likeness (QED) is 0.864. The average molecular weight is 242 g/mol. The molecule has 1 amide bonds. The molecular formula is C10H12BrNO. The highest BCUT2D eigenvalue weighted by Gasteiger charge is 1.93. The Morgan fingerprint density at radius 1 is 1.38 bits per heavy atom. The Morgan fingerprint density at radius 2 is 2.00 bits per heavy atom. The molecule has 0 saturated heterocycles. The first-order chi connectivity index (χ1) is 6.18. The highest BCUT2D eigenvalue weighted by atomic mass is 79.9. The van der Waals surface area contributed by atoms with E-state index in [2.05, 4.69) is 21.2 Å². The number of rotatable bonds is 3. The third kappa shape index (κ3) is 4.08. The van der Waals surface area contributed by atoms with Crippen LogP contribution >= 0.6 is 15.9 Å². The normalized spacial score (nSPS) is 9.69. The van der Waals surface area contributed by atoms with Gasteiger partial charge in [0.15, 0.2) is 0 Å². The van der Waals surface area contributed by atoms with Crippen LogP contribution in [0.3, 0.4) is 0 Å². The average Bonchev–Trinajstić information content (AvgIpc) is 2.08. The van der Waals surface area contributed by atoms with Gasteiger partial charge in [0.05, 0.1) is 0 Å². The van der Waals surface area contributed by atoms with E-state index in [1.54, 1.807) is 0 Å². The van der Waals surface area contributed by atoms with E-state index in [-0.39, 0.29) is 5.91 Å². The lowest BCUT2D eigenvalue weighted by atomic mass is 10.1. The van der Waals surface area contributed by atoms with Gasteiger partial charge in [-0.1, -0.05) is 28.1 Å². The fraction of sp³-hybridized carbons (Fsp3) is 0.300. The highest BCUT2D eigenvalue weighted by molar-refractivity contribution is 9.10. The van der Waals surface area contributed by atoms with Crippen LogP contribution in [0.1, 0.15) is 12.5 Å². The number of hydrogen-bond acceptors (Lipinski definition) is 1. The van der Waals surface area contributed by atoms with E-state index in [4.69, 9.17) is 0 Å². The van der Waals surface area contributed by atoms with Gasteiger partial charge < -0.3 is 5.32 Å². The molecule has 0 heterocycles. The molecular weight excluding hydrogens is 230 g/mol. The van der Waals surface area contributed by atoms with Crippen molar-refractivity contribution in [2.75, 3.05) is 6.54 Å². The van der Waals surface area contributed by atoms with Crippen molar-refractivity contribution < 1.29 is 4.79 Å². The summed E-state index contributed by atoms with van der Waals surface area (Å²) in [5, 5.41) is 2.76. The van der Waals surface area contributed by atoms with Crippen LogP contribution in [0, 0.1) is 0 Å². The molecule has 0 aliphatic heterocycles. The van der Waals surface area contributed by atoms with Crippen molar-refractivity contribution in [3.05, 3.63) is 34.3 Å². The fourth-order valence-electron chi connectivity index (χ4n) is 1.03. The minimum atomic E-state index is 0.0251. The number of benzene rings is 1. The minimum absolute atomic E-state index is 0.0251. The monoisotopic (exact) mass is 241 g/mol. The highest BCUT2D eigenvalue weighted by Crippen LogP contribution is 2.10. The molecule has 0 aliphatic rings. The van der Waals surface area contributed by atoms with Crippen molar-refractivity contribution in [3.63, 3.8) is 0 Å². The summed E-state index contributed by atoms with van der Waals surface area (Å²) in [6, 6.07) is 8.10. The lowest BCUT2D eigenvalue weighted by Crippen LogP contribution is -2.22. The van der Waals surface area contributed by atoms with Crippen molar-refractivity contribution in [2.24, 2.45) is 0 Å². The Labute approximate surface area is 86.5 Å². The molecule has 0 radical (unpaired) electrons. The van der Waals surface area contributed by atoms with E-state index in [9.17, 15) is 4.79 Å². The summed E-state index contributed by atoms with van der Waals surface area (Å²) in [5.74, 6) is 0.0251. The van der Waals surface area contributed by atoms with Crippen molar-refractivity contribution in [3.8, 4) is 0 Å². The van der Waals surface area contributed by atoms with E-state index in [0.29, 0.717) is 6.54 Å². The first-order valence-electron chi connectivity index (χ1n) is 4.17. The molecule has 1 aromatic carbocycles. The first kappa shape index (κ1) is 10.3. The van der Waals surface area contributed by atoms with Crippen molar-refractivity contribution in [2.45, 2.75) is 13.3 Å². The van der Waals surface area contributed by atoms with E-state index in [1.165, 1.54) is 12.5 Å². The summed E-state index contributed by atoms with van der Waals surface area (Å²) < 4.78 is 1.08. The zero-order valence-corrected chi connectivity index (χ0v) is 9.10. The van der Waals surface area contributed by atoms with Gasteiger partial charge in [0.2, 0.25) is 5.91 Å². The van der Waals surface area contributed by atoms with Crippen molar-refractivity contribution in [1.82, 2.24) is 5.32 Å². The van der Waals surface area contributed by atoms with Crippen LogP contribution in [-0.2, 0) is 11.2 Å². The lowest BCUT2D eigenvalue weighted by molar-refractivity contribution is -0.118. The lowest BCUT2D eigenvalue weighted by Gasteiger charge is -2.02. The van der Waals surface area contributed by atoms with Gasteiger partial charge in [-0.3, -0.25) is 4.79 Å². The smallest absolute Gasteiger partial charge is 0.216 e. The fourth-order valence-corrected chi connectivity index (χ4v) is 1.30. The second kappa shape index (κ2) is 5.02. The van der Waals surface area contributed by atoms with Gasteiger partial charge in [-0.2, -0.15) is 0 Å². The largest absolute Gasteiger partial charge is 0.356 e. The molecule has 0 atom stereocenters. The first-order valence-corrected chi connectivity index (χ1v) is 4.96. The Morgan fingerprint density at radius 3 is 2.54 bits per heavy atom. The van der Waals surface area contributed by atoms with Crippen LogP contribution < -0.4 is 5.32 Å². The van der Waals surface area contributed by atoms with E-state index in [1.807, 2.05) is 24.3 Å². The molecule has 1 N–H and O–H groups in total. The van der Waals surface area contributed by atoms with Gasteiger partial charge in [0.25, 0.3) is 0 Å². The zero-order chi connectivity index (χ0) is 9.68. The van der Waals surface area contributed by atoms with Crippen LogP contribution in [0.2, 0.25) is 0 Å². The van der Waals surface area contributed by atoms with E-state index in [0.717, 1.165) is 10.9 Å². The molecule has 3 heteroatoms. The third-order valence-electron chi connectivity index (χ3n) is 1.70. The topological polar surface area (TPSA) is 29.1 Å². The van der Waals surface area contributed by atoms with Crippen LogP contribution in [-0.4, -0.2) is 12.5 Å². The zero-order valence-electron chi connectivity index (χ0n) is 7.51. The van der Waals surface area contributed by atoms with Gasteiger partial charge in [-0.25, -0.2) is 0 Å². The number of nitrogens with one attached hydrogen (secondary N) is 1. The SMILES string of the molecule is CC(=O)NCCc1ccc(Br)cc1. The Bertz CT molecular complexity index is 281. The maximum absolute atomic E-state index is 10.6. The molecule has 0 spiro atoms. The van der Waals surface area contributed by atoms with Gasteiger partial charge in [0.1, 0.15) is 0 Å². The van der Waals surface area contributed by atoms with Gasteiger partial charge >= 0.3 is 0 Å². The molecule has 1 aromatic rings. The maximum atomic E-state index is 10.6. The standard InChI is InChI=1S/C10H12BrNO/c1-8(13)12-7-6-9-2-4-10(11)5-3-9/h2-5H,6-7H2,1H3,(H,12,13). The molecule has 70 valence electrons. The number of carbonyl (C=O) groups is 1. The molecule has 0 aliphatic carbocycles. The number of amides is 1. The van der Waals surface area contributed by atoms with Gasteiger partial charge in [0, 0.05) is 17.9 Å². The predicted octanol–water partition coefficient (Wildman–Crippen LogP) is 2.13. The summed E-state index contributed by atoms with van der Waals surface area (Å²) in [4.78, 5) is 10.6. The second-order valence-corrected chi connectivity index (χ2v) is 3.78.